The molecule has 7 nitrogen and oxygen atoms in total. The van der Waals surface area contributed by atoms with E-state index in [2.05, 4.69) is 16.0 Å². The molecule has 0 bridgehead atoms. The first-order valence-electron chi connectivity index (χ1n) is 7.44. The van der Waals surface area contributed by atoms with E-state index < -0.39 is 11.9 Å². The molecule has 7 heteroatoms. The largest absolute Gasteiger partial charge is 0.459 e. The lowest BCUT2D eigenvalue weighted by molar-refractivity contribution is -0.122. The second-order valence-electron chi connectivity index (χ2n) is 5.27. The van der Waals surface area contributed by atoms with Gasteiger partial charge in [0.15, 0.2) is 5.76 Å². The molecule has 0 aliphatic rings. The van der Waals surface area contributed by atoms with Crippen LogP contribution < -0.4 is 16.0 Å². The zero-order valence-electron chi connectivity index (χ0n) is 13.5. The molecule has 0 aliphatic heterocycles. The molecule has 24 heavy (non-hydrogen) atoms. The van der Waals surface area contributed by atoms with E-state index in [1.807, 2.05) is 0 Å². The highest BCUT2D eigenvalue weighted by molar-refractivity contribution is 5.95. The number of furan rings is 1. The summed E-state index contributed by atoms with van der Waals surface area (Å²) in [6.07, 6.45) is 1.39. The number of hydrogen-bond donors (Lipinski definition) is 3. The summed E-state index contributed by atoms with van der Waals surface area (Å²) in [5.41, 5.74) is 1.57. The fourth-order valence-corrected chi connectivity index (χ4v) is 1.99. The van der Waals surface area contributed by atoms with Crippen molar-refractivity contribution in [2.24, 2.45) is 0 Å². The predicted molar refractivity (Wildman–Crippen MR) is 88.2 cm³/mol. The molecule has 1 heterocycles. The molecule has 1 aromatic heterocycles. The van der Waals surface area contributed by atoms with Gasteiger partial charge in [-0.3, -0.25) is 14.4 Å². The number of carbonyl (C=O) groups is 3. The highest BCUT2D eigenvalue weighted by Gasteiger charge is 2.17. The standard InChI is InChI=1S/C17H19N3O4/c1-11(19-17(23)15-4-3-9-24-15)16(22)18-10-13-5-7-14(8-6-13)20-12(2)21/h3-9,11H,10H2,1-2H3,(H,18,22)(H,19,23)(H,20,21). The van der Waals surface area contributed by atoms with E-state index >= 15 is 0 Å². The van der Waals surface area contributed by atoms with Crippen molar-refractivity contribution in [2.45, 2.75) is 26.4 Å². The van der Waals surface area contributed by atoms with Crippen LogP contribution in [0.15, 0.2) is 47.1 Å². The molecule has 0 spiro atoms. The third-order valence-electron chi connectivity index (χ3n) is 3.23. The van der Waals surface area contributed by atoms with Gasteiger partial charge in [0.2, 0.25) is 11.8 Å². The van der Waals surface area contributed by atoms with Crippen molar-refractivity contribution in [1.82, 2.24) is 10.6 Å². The van der Waals surface area contributed by atoms with Crippen molar-refractivity contribution in [3.05, 3.63) is 54.0 Å². The van der Waals surface area contributed by atoms with E-state index in [0.29, 0.717) is 12.2 Å². The maximum atomic E-state index is 12.0. The van der Waals surface area contributed by atoms with Crippen LogP contribution in [0, 0.1) is 0 Å². The Labute approximate surface area is 139 Å². The van der Waals surface area contributed by atoms with Crippen LogP contribution in [0.25, 0.3) is 0 Å². The van der Waals surface area contributed by atoms with Crippen molar-refractivity contribution in [1.29, 1.82) is 0 Å². The Morgan fingerprint density at radius 1 is 1.12 bits per heavy atom. The molecule has 126 valence electrons. The number of amides is 3. The van der Waals surface area contributed by atoms with E-state index in [-0.39, 0.29) is 17.6 Å². The van der Waals surface area contributed by atoms with Crippen LogP contribution in [0.3, 0.4) is 0 Å². The van der Waals surface area contributed by atoms with Gasteiger partial charge in [-0.2, -0.15) is 0 Å². The van der Waals surface area contributed by atoms with Crippen LogP contribution in [0.1, 0.15) is 30.0 Å². The van der Waals surface area contributed by atoms with Gasteiger partial charge >= 0.3 is 0 Å². The highest BCUT2D eigenvalue weighted by Crippen LogP contribution is 2.09. The third-order valence-corrected chi connectivity index (χ3v) is 3.23. The van der Waals surface area contributed by atoms with Gasteiger partial charge in [-0.25, -0.2) is 0 Å². The Bertz CT molecular complexity index is 708. The fourth-order valence-electron chi connectivity index (χ4n) is 1.99. The summed E-state index contributed by atoms with van der Waals surface area (Å²) in [5, 5.41) is 7.96. The van der Waals surface area contributed by atoms with Crippen LogP contribution in [-0.2, 0) is 16.1 Å². The molecular formula is C17H19N3O4. The lowest BCUT2D eigenvalue weighted by Gasteiger charge is -2.13. The Hall–Kier alpha value is -3.09. The first kappa shape index (κ1) is 17.3. The van der Waals surface area contributed by atoms with Crippen molar-refractivity contribution in [3.63, 3.8) is 0 Å². The smallest absolute Gasteiger partial charge is 0.287 e. The Kier molecular flexibility index (Phi) is 5.73. The Morgan fingerprint density at radius 2 is 1.83 bits per heavy atom. The third kappa shape index (κ3) is 4.98. The van der Waals surface area contributed by atoms with Crippen molar-refractivity contribution >= 4 is 23.4 Å². The summed E-state index contributed by atoms with van der Waals surface area (Å²) in [6.45, 7) is 3.35. The second kappa shape index (κ2) is 7.96. The zero-order chi connectivity index (χ0) is 17.5. The number of hydrogen-bond acceptors (Lipinski definition) is 4. The zero-order valence-corrected chi connectivity index (χ0v) is 13.5. The van der Waals surface area contributed by atoms with Crippen molar-refractivity contribution in [2.75, 3.05) is 5.32 Å². The first-order valence-corrected chi connectivity index (χ1v) is 7.44. The van der Waals surface area contributed by atoms with Crippen LogP contribution in [0.4, 0.5) is 5.69 Å². The minimum atomic E-state index is -0.693. The fraction of sp³-hybridized carbons (Fsp3) is 0.235. The molecule has 0 fully saturated rings. The molecule has 3 N–H and O–H groups in total. The maximum absolute atomic E-state index is 12.0. The molecule has 3 amide bonds. The van der Waals surface area contributed by atoms with E-state index in [1.54, 1.807) is 37.3 Å². The Balaban J connectivity index is 1.81. The number of benzene rings is 1. The number of anilines is 1. The number of carbonyl (C=O) groups excluding carboxylic acids is 3. The molecule has 0 saturated heterocycles. The minimum Gasteiger partial charge on any atom is -0.459 e. The minimum absolute atomic E-state index is 0.142. The van der Waals surface area contributed by atoms with E-state index in [9.17, 15) is 14.4 Å². The van der Waals surface area contributed by atoms with Crippen LogP contribution >= 0.6 is 0 Å². The summed E-state index contributed by atoms with van der Waals surface area (Å²) < 4.78 is 4.97. The summed E-state index contributed by atoms with van der Waals surface area (Å²) in [5.74, 6) is -0.733. The molecule has 0 radical (unpaired) electrons. The average Bonchev–Trinajstić information content (AvgIpc) is 3.08. The van der Waals surface area contributed by atoms with E-state index in [0.717, 1.165) is 5.56 Å². The van der Waals surface area contributed by atoms with E-state index in [4.69, 9.17) is 4.42 Å². The number of nitrogens with one attached hydrogen (secondary N) is 3. The Morgan fingerprint density at radius 3 is 2.42 bits per heavy atom. The highest BCUT2D eigenvalue weighted by atomic mass is 16.3. The summed E-state index contributed by atoms with van der Waals surface area (Å²) in [7, 11) is 0. The van der Waals surface area contributed by atoms with Gasteiger partial charge in [0, 0.05) is 19.2 Å². The van der Waals surface area contributed by atoms with Gasteiger partial charge in [0.1, 0.15) is 6.04 Å². The second-order valence-corrected chi connectivity index (χ2v) is 5.27. The average molecular weight is 329 g/mol. The number of rotatable bonds is 6. The van der Waals surface area contributed by atoms with Gasteiger partial charge in [-0.05, 0) is 36.8 Å². The van der Waals surface area contributed by atoms with Gasteiger partial charge in [-0.1, -0.05) is 12.1 Å². The van der Waals surface area contributed by atoms with Gasteiger partial charge < -0.3 is 20.4 Å². The van der Waals surface area contributed by atoms with Gasteiger partial charge in [-0.15, -0.1) is 0 Å². The van der Waals surface area contributed by atoms with Crippen molar-refractivity contribution in [3.8, 4) is 0 Å². The van der Waals surface area contributed by atoms with Crippen molar-refractivity contribution < 1.29 is 18.8 Å². The quantitative estimate of drug-likeness (QED) is 0.750. The van der Waals surface area contributed by atoms with E-state index in [1.165, 1.54) is 19.3 Å². The molecule has 0 saturated carbocycles. The van der Waals surface area contributed by atoms with Gasteiger partial charge in [0.05, 0.1) is 6.26 Å². The predicted octanol–water partition coefficient (Wildman–Crippen LogP) is 1.67. The molecule has 2 aromatic rings. The summed E-state index contributed by atoms with van der Waals surface area (Å²) in [4.78, 5) is 34.8. The topological polar surface area (TPSA) is 100 Å². The summed E-state index contributed by atoms with van der Waals surface area (Å²) in [6, 6.07) is 9.55. The van der Waals surface area contributed by atoms with Crippen LogP contribution in [-0.4, -0.2) is 23.8 Å². The lowest BCUT2D eigenvalue weighted by atomic mass is 10.2. The molecule has 1 aromatic carbocycles. The molecule has 1 unspecified atom stereocenters. The SMILES string of the molecule is CC(=O)Nc1ccc(CNC(=O)C(C)NC(=O)c2ccco2)cc1. The molecule has 1 atom stereocenters. The van der Waals surface area contributed by atoms with Crippen LogP contribution in [0.2, 0.25) is 0 Å². The monoisotopic (exact) mass is 329 g/mol. The molecular weight excluding hydrogens is 310 g/mol. The lowest BCUT2D eigenvalue weighted by Crippen LogP contribution is -2.44. The van der Waals surface area contributed by atoms with Crippen LogP contribution in [0.5, 0.6) is 0 Å². The molecule has 2 rings (SSSR count). The summed E-state index contributed by atoms with van der Waals surface area (Å²) >= 11 is 0. The maximum Gasteiger partial charge on any atom is 0.287 e. The normalized spacial score (nSPS) is 11.4. The molecule has 0 aliphatic carbocycles. The van der Waals surface area contributed by atoms with Gasteiger partial charge in [0.25, 0.3) is 5.91 Å². The first-order chi connectivity index (χ1) is 11.5.